The van der Waals surface area contributed by atoms with Crippen molar-refractivity contribution in [2.75, 3.05) is 44.7 Å². The Bertz CT molecular complexity index is 851. The van der Waals surface area contributed by atoms with E-state index in [9.17, 15) is 4.79 Å². The predicted octanol–water partition coefficient (Wildman–Crippen LogP) is 3.61. The van der Waals surface area contributed by atoms with Crippen LogP contribution in [0, 0.1) is 0 Å². The highest BCUT2D eigenvalue weighted by Crippen LogP contribution is 2.26. The van der Waals surface area contributed by atoms with Gasteiger partial charge in [0.1, 0.15) is 0 Å². The Morgan fingerprint density at radius 2 is 1.70 bits per heavy atom. The number of hydrogen-bond donors (Lipinski definition) is 2. The Balaban J connectivity index is 0.00000320. The van der Waals surface area contributed by atoms with Gasteiger partial charge in [-0.25, -0.2) is 0 Å². The van der Waals surface area contributed by atoms with Crippen LogP contribution in [0.1, 0.15) is 22.8 Å². The molecule has 0 unspecified atom stereocenters. The molecule has 3 rings (SSSR count). The molecule has 2 N–H and O–H groups in total. The number of aliphatic imine (C=N–C) groups is 1. The molecule has 0 atom stereocenters. The quantitative estimate of drug-likeness (QED) is 0.345. The summed E-state index contributed by atoms with van der Waals surface area (Å²) < 4.78 is 0. The maximum Gasteiger partial charge on any atom is 0.251 e. The van der Waals surface area contributed by atoms with Crippen LogP contribution in [0.25, 0.3) is 0 Å². The number of guanidine groups is 1. The van der Waals surface area contributed by atoms with E-state index in [1.807, 2.05) is 49.4 Å². The van der Waals surface area contributed by atoms with Crippen molar-refractivity contribution in [3.63, 3.8) is 0 Å². The third-order valence-corrected chi connectivity index (χ3v) is 5.31. The van der Waals surface area contributed by atoms with Crippen LogP contribution in [-0.2, 0) is 6.54 Å². The molecule has 1 fully saturated rings. The molecule has 6 nitrogen and oxygen atoms in total. The minimum atomic E-state index is -0.0424. The van der Waals surface area contributed by atoms with Gasteiger partial charge in [0.05, 0.1) is 10.7 Å². The first-order valence-electron chi connectivity index (χ1n) is 9.94. The van der Waals surface area contributed by atoms with Crippen molar-refractivity contribution >= 4 is 53.1 Å². The van der Waals surface area contributed by atoms with Crippen molar-refractivity contribution in [1.29, 1.82) is 0 Å². The summed E-state index contributed by atoms with van der Waals surface area (Å²) in [5.74, 6) is 0.843. The molecule has 0 saturated carbocycles. The van der Waals surface area contributed by atoms with Crippen LogP contribution in [0.2, 0.25) is 5.02 Å². The van der Waals surface area contributed by atoms with Crippen molar-refractivity contribution in [3.8, 4) is 0 Å². The van der Waals surface area contributed by atoms with Gasteiger partial charge < -0.3 is 20.4 Å². The summed E-state index contributed by atoms with van der Waals surface area (Å²) in [4.78, 5) is 20.9. The van der Waals surface area contributed by atoms with Gasteiger partial charge in [-0.15, -0.1) is 24.0 Å². The van der Waals surface area contributed by atoms with Crippen LogP contribution in [0.4, 0.5) is 5.69 Å². The van der Waals surface area contributed by atoms with Crippen molar-refractivity contribution in [2.45, 2.75) is 13.5 Å². The highest BCUT2D eigenvalue weighted by molar-refractivity contribution is 14.0. The Morgan fingerprint density at radius 1 is 1.03 bits per heavy atom. The molecule has 1 saturated heterocycles. The van der Waals surface area contributed by atoms with Gasteiger partial charge in [-0.1, -0.05) is 35.9 Å². The van der Waals surface area contributed by atoms with E-state index in [-0.39, 0.29) is 29.9 Å². The zero-order valence-corrected chi connectivity index (χ0v) is 20.5. The summed E-state index contributed by atoms with van der Waals surface area (Å²) in [6.07, 6.45) is 0. The largest absolute Gasteiger partial charge is 0.367 e. The maximum absolute atomic E-state index is 11.9. The highest BCUT2D eigenvalue weighted by atomic mass is 127. The van der Waals surface area contributed by atoms with Gasteiger partial charge in [0.25, 0.3) is 5.91 Å². The van der Waals surface area contributed by atoms with Gasteiger partial charge >= 0.3 is 0 Å². The molecule has 1 heterocycles. The molecule has 0 aromatic heterocycles. The molecule has 2 aromatic carbocycles. The molecule has 1 aliphatic rings. The minimum Gasteiger partial charge on any atom is -0.367 e. The molecule has 30 heavy (non-hydrogen) atoms. The normalized spacial score (nSPS) is 14.2. The third-order valence-electron chi connectivity index (χ3n) is 4.99. The Morgan fingerprint density at radius 3 is 2.30 bits per heavy atom. The lowest BCUT2D eigenvalue weighted by atomic mass is 10.1. The van der Waals surface area contributed by atoms with Gasteiger partial charge in [-0.2, -0.15) is 0 Å². The summed E-state index contributed by atoms with van der Waals surface area (Å²) in [6.45, 7) is 6.74. The second kappa shape index (κ2) is 12.0. The van der Waals surface area contributed by atoms with Crippen LogP contribution in [0.3, 0.4) is 0 Å². The fraction of sp³-hybridized carbons (Fsp3) is 0.364. The monoisotopic (exact) mass is 541 g/mol. The molecule has 162 valence electrons. The van der Waals surface area contributed by atoms with Crippen molar-refractivity contribution < 1.29 is 4.79 Å². The number of piperazine rings is 1. The number of carbonyl (C=O) groups is 1. The van der Waals surface area contributed by atoms with Crippen molar-refractivity contribution in [3.05, 3.63) is 64.7 Å². The Hall–Kier alpha value is -2.00. The van der Waals surface area contributed by atoms with E-state index >= 15 is 0 Å². The number of rotatable bonds is 5. The molecular weight excluding hydrogens is 513 g/mol. The van der Waals surface area contributed by atoms with Gasteiger partial charge in [0, 0.05) is 51.9 Å². The average molecular weight is 542 g/mol. The first-order chi connectivity index (χ1) is 14.1. The van der Waals surface area contributed by atoms with E-state index in [2.05, 4.69) is 31.5 Å². The first kappa shape index (κ1) is 24.3. The number of halogens is 2. The number of nitrogens with one attached hydrogen (secondary N) is 2. The Kier molecular flexibility index (Phi) is 9.71. The first-order valence-corrected chi connectivity index (χ1v) is 10.3. The molecule has 1 amide bonds. The van der Waals surface area contributed by atoms with Crippen LogP contribution >= 0.6 is 35.6 Å². The molecule has 0 spiro atoms. The maximum atomic E-state index is 11.9. The lowest BCUT2D eigenvalue weighted by Gasteiger charge is -2.38. The van der Waals surface area contributed by atoms with Gasteiger partial charge in [-0.3, -0.25) is 9.79 Å². The highest BCUT2D eigenvalue weighted by Gasteiger charge is 2.20. The molecule has 0 bridgehead atoms. The standard InChI is InChI=1S/C22H28ClN5O.HI/c1-3-25-21(29)18-10-8-17(9-11-18)16-26-22(24-2)28-14-12-27(13-15-28)20-7-5-4-6-19(20)23;/h4-11H,3,12-16H2,1-2H3,(H,24,26)(H,25,29);1H. The van der Waals surface area contributed by atoms with Crippen molar-refractivity contribution in [1.82, 2.24) is 15.5 Å². The van der Waals surface area contributed by atoms with Crippen LogP contribution in [0.15, 0.2) is 53.5 Å². The summed E-state index contributed by atoms with van der Waals surface area (Å²) >= 11 is 6.33. The molecule has 2 aromatic rings. The van der Waals surface area contributed by atoms with Crippen molar-refractivity contribution in [2.24, 2.45) is 4.99 Å². The lowest BCUT2D eigenvalue weighted by Crippen LogP contribution is -2.52. The summed E-state index contributed by atoms with van der Waals surface area (Å²) in [5, 5.41) is 7.03. The molecule has 0 radical (unpaired) electrons. The van der Waals surface area contributed by atoms with Gasteiger partial charge in [0.2, 0.25) is 0 Å². The van der Waals surface area contributed by atoms with E-state index in [1.165, 1.54) is 0 Å². The van der Waals surface area contributed by atoms with Crippen LogP contribution < -0.4 is 15.5 Å². The zero-order chi connectivity index (χ0) is 20.6. The number of anilines is 1. The second-order valence-corrected chi connectivity index (χ2v) is 7.29. The van der Waals surface area contributed by atoms with E-state index in [4.69, 9.17) is 11.6 Å². The third kappa shape index (κ3) is 6.25. The van der Waals surface area contributed by atoms with E-state index in [0.29, 0.717) is 18.7 Å². The van der Waals surface area contributed by atoms with Crippen LogP contribution in [0.5, 0.6) is 0 Å². The SMILES string of the molecule is CCNC(=O)c1ccc(CNC(=NC)N2CCN(c3ccccc3Cl)CC2)cc1.I. The number of hydrogen-bond acceptors (Lipinski definition) is 3. The second-order valence-electron chi connectivity index (χ2n) is 6.88. The van der Waals surface area contributed by atoms with E-state index in [1.54, 1.807) is 7.05 Å². The summed E-state index contributed by atoms with van der Waals surface area (Å²) in [5.41, 5.74) is 2.87. The number of carbonyl (C=O) groups excluding carboxylic acids is 1. The average Bonchev–Trinajstić information content (AvgIpc) is 2.76. The molecule has 8 heteroatoms. The fourth-order valence-electron chi connectivity index (χ4n) is 3.42. The predicted molar refractivity (Wildman–Crippen MR) is 135 cm³/mol. The summed E-state index contributed by atoms with van der Waals surface area (Å²) in [7, 11) is 1.81. The Labute approximate surface area is 200 Å². The molecule has 0 aliphatic carbocycles. The van der Waals surface area contributed by atoms with E-state index < -0.39 is 0 Å². The number of nitrogens with zero attached hydrogens (tertiary/aromatic N) is 3. The number of benzene rings is 2. The lowest BCUT2D eigenvalue weighted by molar-refractivity contribution is 0.0956. The topological polar surface area (TPSA) is 60.0 Å². The summed E-state index contributed by atoms with van der Waals surface area (Å²) in [6, 6.07) is 15.6. The minimum absolute atomic E-state index is 0. The fourth-order valence-corrected chi connectivity index (χ4v) is 3.67. The number of para-hydroxylation sites is 1. The zero-order valence-electron chi connectivity index (χ0n) is 17.4. The molecule has 1 aliphatic heterocycles. The van der Waals surface area contributed by atoms with Crippen LogP contribution in [-0.4, -0.2) is 56.5 Å². The molecular formula is C22H29ClIN5O. The van der Waals surface area contributed by atoms with Gasteiger partial charge in [-0.05, 0) is 36.8 Å². The van der Waals surface area contributed by atoms with E-state index in [0.717, 1.165) is 48.4 Å². The smallest absolute Gasteiger partial charge is 0.251 e. The number of amides is 1. The van der Waals surface area contributed by atoms with Gasteiger partial charge in [0.15, 0.2) is 5.96 Å².